The molecule has 0 spiro atoms. The average Bonchev–Trinajstić information content (AvgIpc) is 2.89. The minimum Gasteiger partial charge on any atom is -0.478 e. The summed E-state index contributed by atoms with van der Waals surface area (Å²) in [5.41, 5.74) is 0.710. The second-order valence-electron chi connectivity index (χ2n) is 4.08. The summed E-state index contributed by atoms with van der Waals surface area (Å²) in [6.07, 6.45) is 0.732. The number of carbonyl (C=O) groups excluding carboxylic acids is 1. The van der Waals surface area contributed by atoms with Gasteiger partial charge in [0.15, 0.2) is 0 Å². The second kappa shape index (κ2) is 5.83. The molecule has 4 nitrogen and oxygen atoms in total. The normalized spacial score (nSPS) is 10.3. The van der Waals surface area contributed by atoms with Gasteiger partial charge in [0, 0.05) is 5.69 Å². The van der Waals surface area contributed by atoms with Gasteiger partial charge in [-0.2, -0.15) is 0 Å². The van der Waals surface area contributed by atoms with Crippen molar-refractivity contribution in [1.82, 2.24) is 0 Å². The Balaban J connectivity index is 2.24. The molecule has 1 aromatic heterocycles. The van der Waals surface area contributed by atoms with Crippen molar-refractivity contribution in [3.05, 3.63) is 51.5 Å². The van der Waals surface area contributed by atoms with Crippen molar-refractivity contribution in [1.29, 1.82) is 0 Å². The number of carboxylic acid groups (broad SMARTS) is 1. The lowest BCUT2D eigenvalue weighted by molar-refractivity contribution is 0.0691. The van der Waals surface area contributed by atoms with Gasteiger partial charge in [-0.1, -0.05) is 6.92 Å². The number of halogens is 1. The largest absolute Gasteiger partial charge is 0.478 e. The van der Waals surface area contributed by atoms with E-state index in [1.54, 1.807) is 0 Å². The van der Waals surface area contributed by atoms with Crippen LogP contribution in [0, 0.1) is 5.82 Å². The van der Waals surface area contributed by atoms with E-state index in [9.17, 15) is 14.0 Å². The number of aryl methyl sites for hydroxylation is 1. The van der Waals surface area contributed by atoms with Crippen molar-refractivity contribution in [2.75, 3.05) is 5.32 Å². The lowest BCUT2D eigenvalue weighted by atomic mass is 10.1. The second-order valence-corrected chi connectivity index (χ2v) is 5.00. The molecule has 0 bridgehead atoms. The van der Waals surface area contributed by atoms with Gasteiger partial charge >= 0.3 is 5.97 Å². The average molecular weight is 293 g/mol. The summed E-state index contributed by atoms with van der Waals surface area (Å²) >= 11 is 1.31. The summed E-state index contributed by atoms with van der Waals surface area (Å²) < 4.78 is 13.3. The van der Waals surface area contributed by atoms with Gasteiger partial charge in [0.25, 0.3) is 5.91 Å². The molecule has 0 unspecified atom stereocenters. The molecule has 0 saturated carbocycles. The number of hydrogen-bond donors (Lipinski definition) is 2. The van der Waals surface area contributed by atoms with Crippen LogP contribution in [0.3, 0.4) is 0 Å². The van der Waals surface area contributed by atoms with Crippen LogP contribution in [0.4, 0.5) is 10.1 Å². The molecule has 0 aliphatic carbocycles. The highest BCUT2D eigenvalue weighted by molar-refractivity contribution is 7.12. The topological polar surface area (TPSA) is 66.4 Å². The third-order valence-corrected chi connectivity index (χ3v) is 3.74. The molecule has 1 heterocycles. The Morgan fingerprint density at radius 2 is 2.10 bits per heavy atom. The van der Waals surface area contributed by atoms with Crippen molar-refractivity contribution >= 4 is 28.9 Å². The van der Waals surface area contributed by atoms with Gasteiger partial charge in [-0.05, 0) is 41.6 Å². The summed E-state index contributed by atoms with van der Waals surface area (Å²) in [4.78, 5) is 23.5. The first-order chi connectivity index (χ1) is 9.52. The Morgan fingerprint density at radius 3 is 2.75 bits per heavy atom. The third kappa shape index (κ3) is 2.85. The Kier molecular flexibility index (Phi) is 4.14. The van der Waals surface area contributed by atoms with E-state index in [0.717, 1.165) is 24.1 Å². The fraction of sp³-hybridized carbons (Fsp3) is 0.143. The predicted molar refractivity (Wildman–Crippen MR) is 75.0 cm³/mol. The minimum absolute atomic E-state index is 0.254. The van der Waals surface area contributed by atoms with Crippen molar-refractivity contribution in [2.24, 2.45) is 0 Å². The van der Waals surface area contributed by atoms with Crippen LogP contribution in [0.2, 0.25) is 0 Å². The first kappa shape index (κ1) is 14.2. The zero-order chi connectivity index (χ0) is 14.7. The quantitative estimate of drug-likeness (QED) is 0.908. The number of benzene rings is 1. The fourth-order valence-corrected chi connectivity index (χ4v) is 2.66. The number of aromatic carboxylic acids is 1. The van der Waals surface area contributed by atoms with E-state index in [1.165, 1.54) is 17.4 Å². The predicted octanol–water partition coefficient (Wildman–Crippen LogP) is 3.40. The number of nitrogens with one attached hydrogen (secondary N) is 1. The van der Waals surface area contributed by atoms with E-state index < -0.39 is 17.3 Å². The Morgan fingerprint density at radius 1 is 1.35 bits per heavy atom. The van der Waals surface area contributed by atoms with Gasteiger partial charge in [-0.15, -0.1) is 11.3 Å². The van der Waals surface area contributed by atoms with E-state index in [-0.39, 0.29) is 11.6 Å². The first-order valence-corrected chi connectivity index (χ1v) is 6.81. The van der Waals surface area contributed by atoms with Crippen molar-refractivity contribution in [3.8, 4) is 0 Å². The highest BCUT2D eigenvalue weighted by Gasteiger charge is 2.15. The molecule has 1 amide bonds. The molecule has 2 aromatic rings. The van der Waals surface area contributed by atoms with Gasteiger partial charge in [0.05, 0.1) is 10.4 Å². The summed E-state index contributed by atoms with van der Waals surface area (Å²) in [5.74, 6) is -2.52. The van der Waals surface area contributed by atoms with Crippen molar-refractivity contribution < 1.29 is 19.1 Å². The SMILES string of the molecule is CCc1ccsc1C(=O)Nc1ccc(F)c(C(=O)O)c1. The third-order valence-electron chi connectivity index (χ3n) is 2.79. The van der Waals surface area contributed by atoms with Gasteiger partial charge in [-0.3, -0.25) is 4.79 Å². The zero-order valence-corrected chi connectivity index (χ0v) is 11.5. The standard InChI is InChI=1S/C14H12FNO3S/c1-2-8-5-6-20-12(8)13(17)16-9-3-4-11(15)10(7-9)14(18)19/h3-7H,2H2,1H3,(H,16,17)(H,18,19). The maximum Gasteiger partial charge on any atom is 0.338 e. The minimum atomic E-state index is -1.37. The number of anilines is 1. The van der Waals surface area contributed by atoms with Crippen LogP contribution in [-0.4, -0.2) is 17.0 Å². The highest BCUT2D eigenvalue weighted by Crippen LogP contribution is 2.20. The van der Waals surface area contributed by atoms with Crippen LogP contribution >= 0.6 is 11.3 Å². The zero-order valence-electron chi connectivity index (χ0n) is 10.6. The molecule has 20 heavy (non-hydrogen) atoms. The fourth-order valence-electron chi connectivity index (χ4n) is 1.77. The van der Waals surface area contributed by atoms with Crippen LogP contribution in [0.15, 0.2) is 29.6 Å². The van der Waals surface area contributed by atoms with Gasteiger partial charge in [0.1, 0.15) is 5.82 Å². The summed E-state index contributed by atoms with van der Waals surface area (Å²) in [5, 5.41) is 13.2. The van der Waals surface area contributed by atoms with Crippen LogP contribution < -0.4 is 5.32 Å². The summed E-state index contributed by atoms with van der Waals surface area (Å²) in [6, 6.07) is 5.33. The van der Waals surface area contributed by atoms with Gasteiger partial charge in [0.2, 0.25) is 0 Å². The van der Waals surface area contributed by atoms with Gasteiger partial charge in [-0.25, -0.2) is 9.18 Å². The molecule has 0 radical (unpaired) electrons. The van der Waals surface area contributed by atoms with Crippen LogP contribution in [0.5, 0.6) is 0 Å². The molecule has 2 rings (SSSR count). The van der Waals surface area contributed by atoms with Crippen LogP contribution in [-0.2, 0) is 6.42 Å². The number of rotatable bonds is 4. The molecule has 0 saturated heterocycles. The maximum atomic E-state index is 13.3. The number of carboxylic acids is 1. The number of carbonyl (C=O) groups is 2. The molecular formula is C14H12FNO3S. The molecule has 104 valence electrons. The Labute approximate surface area is 118 Å². The van der Waals surface area contributed by atoms with E-state index >= 15 is 0 Å². The molecular weight excluding hydrogens is 281 g/mol. The van der Waals surface area contributed by atoms with E-state index in [4.69, 9.17) is 5.11 Å². The Hall–Kier alpha value is -2.21. The molecule has 2 N–H and O–H groups in total. The van der Waals surface area contributed by atoms with E-state index in [1.807, 2.05) is 18.4 Å². The number of thiophene rings is 1. The van der Waals surface area contributed by atoms with Gasteiger partial charge < -0.3 is 10.4 Å². The molecule has 0 aliphatic rings. The highest BCUT2D eigenvalue weighted by atomic mass is 32.1. The molecule has 6 heteroatoms. The van der Waals surface area contributed by atoms with E-state index in [0.29, 0.717) is 4.88 Å². The summed E-state index contributed by atoms with van der Waals surface area (Å²) in [6.45, 7) is 1.94. The summed E-state index contributed by atoms with van der Waals surface area (Å²) in [7, 11) is 0. The first-order valence-electron chi connectivity index (χ1n) is 5.93. The monoisotopic (exact) mass is 293 g/mol. The Bertz CT molecular complexity index is 666. The molecule has 0 aliphatic heterocycles. The van der Waals surface area contributed by atoms with Crippen LogP contribution in [0.25, 0.3) is 0 Å². The number of hydrogen-bond acceptors (Lipinski definition) is 3. The lowest BCUT2D eigenvalue weighted by Crippen LogP contribution is -2.13. The molecule has 0 fully saturated rings. The molecule has 1 aromatic carbocycles. The molecule has 0 atom stereocenters. The van der Waals surface area contributed by atoms with E-state index in [2.05, 4.69) is 5.32 Å². The van der Waals surface area contributed by atoms with Crippen molar-refractivity contribution in [2.45, 2.75) is 13.3 Å². The maximum absolute atomic E-state index is 13.3. The lowest BCUT2D eigenvalue weighted by Gasteiger charge is -2.06. The van der Waals surface area contributed by atoms with Crippen LogP contribution in [0.1, 0.15) is 32.5 Å². The number of amides is 1. The van der Waals surface area contributed by atoms with Crippen molar-refractivity contribution in [3.63, 3.8) is 0 Å². The smallest absolute Gasteiger partial charge is 0.338 e.